The molecule has 4 unspecified atom stereocenters. The Morgan fingerprint density at radius 3 is 2.39 bits per heavy atom. The number of thiol groups is 1. The number of halogens is 2. The molecule has 2 aromatic carbocycles. The first kappa shape index (κ1) is 28.9. The van der Waals surface area contributed by atoms with Crippen molar-refractivity contribution in [2.75, 3.05) is 13.1 Å². The van der Waals surface area contributed by atoms with Crippen LogP contribution in [0, 0.1) is 11.3 Å². The van der Waals surface area contributed by atoms with Crippen LogP contribution in [0.15, 0.2) is 48.5 Å². The van der Waals surface area contributed by atoms with E-state index in [0.717, 1.165) is 24.0 Å². The van der Waals surface area contributed by atoms with Gasteiger partial charge in [-0.3, -0.25) is 9.59 Å². The monoisotopic (exact) mass is 580 g/mol. The molecule has 4 atom stereocenters. The van der Waals surface area contributed by atoms with Crippen molar-refractivity contribution < 1.29 is 23.1 Å². The van der Waals surface area contributed by atoms with Crippen LogP contribution in [0.3, 0.4) is 0 Å². The zero-order valence-corrected chi connectivity index (χ0v) is 24.0. The van der Waals surface area contributed by atoms with Gasteiger partial charge in [0.15, 0.2) is 0 Å². The van der Waals surface area contributed by atoms with Gasteiger partial charge in [-0.05, 0) is 73.9 Å². The Kier molecular flexibility index (Phi) is 9.07. The summed E-state index contributed by atoms with van der Waals surface area (Å²) in [6, 6.07) is 14.1. The lowest BCUT2D eigenvalue weighted by Gasteiger charge is -2.51. The van der Waals surface area contributed by atoms with Crippen LogP contribution in [0.25, 0.3) is 0 Å². The fourth-order valence-electron chi connectivity index (χ4n) is 5.68. The average molecular weight is 582 g/mol. The van der Waals surface area contributed by atoms with Crippen molar-refractivity contribution in [1.82, 2.24) is 9.21 Å². The second-order valence-electron chi connectivity index (χ2n) is 10.9. The highest BCUT2D eigenvalue weighted by atomic mass is 35.5. The van der Waals surface area contributed by atoms with Crippen molar-refractivity contribution in [1.29, 1.82) is 0 Å². The van der Waals surface area contributed by atoms with Crippen LogP contribution in [0.1, 0.15) is 69.0 Å². The van der Waals surface area contributed by atoms with E-state index in [9.17, 15) is 23.1 Å². The SMILES string of the molecule is CC(CCN(CC1CC1)[SH](=O)=O)N1C(=O)C(C)(CC(=O)O)CC(c2cccc(Cl)c2)C1c1ccc(Cl)cc1. The fourth-order valence-corrected chi connectivity index (χ4v) is 6.64. The highest BCUT2D eigenvalue weighted by Crippen LogP contribution is 2.52. The molecule has 1 aliphatic carbocycles. The Balaban J connectivity index is 1.76. The molecule has 1 aliphatic heterocycles. The second kappa shape index (κ2) is 11.9. The van der Waals surface area contributed by atoms with E-state index in [-0.39, 0.29) is 24.3 Å². The molecule has 2 aromatic rings. The minimum Gasteiger partial charge on any atom is -0.481 e. The third kappa shape index (κ3) is 6.71. The molecule has 1 saturated heterocycles. The normalized spacial score (nSPS) is 24.7. The van der Waals surface area contributed by atoms with Crippen LogP contribution in [0.5, 0.6) is 0 Å². The van der Waals surface area contributed by atoms with Crippen LogP contribution < -0.4 is 0 Å². The maximum atomic E-state index is 14.2. The van der Waals surface area contributed by atoms with Crippen LogP contribution in [-0.2, 0) is 20.5 Å². The predicted molar refractivity (Wildman–Crippen MR) is 149 cm³/mol. The van der Waals surface area contributed by atoms with Gasteiger partial charge in [-0.1, -0.05) is 54.4 Å². The number of rotatable bonds is 11. The number of piperidine rings is 1. The summed E-state index contributed by atoms with van der Waals surface area (Å²) in [6.07, 6.45) is 2.52. The maximum absolute atomic E-state index is 14.2. The van der Waals surface area contributed by atoms with E-state index in [0.29, 0.717) is 41.9 Å². The number of amides is 1. The van der Waals surface area contributed by atoms with Gasteiger partial charge in [-0.25, -0.2) is 12.7 Å². The molecule has 10 heteroatoms. The molecular weight excluding hydrogens is 547 g/mol. The lowest BCUT2D eigenvalue weighted by Crippen LogP contribution is -2.55. The summed E-state index contributed by atoms with van der Waals surface area (Å²) in [4.78, 5) is 27.8. The molecule has 1 heterocycles. The molecule has 38 heavy (non-hydrogen) atoms. The van der Waals surface area contributed by atoms with E-state index < -0.39 is 28.3 Å². The molecule has 2 aliphatic rings. The number of carboxylic acid groups (broad SMARTS) is 1. The number of carbonyl (C=O) groups excluding carboxylic acids is 1. The minimum atomic E-state index is -2.73. The van der Waals surface area contributed by atoms with Crippen molar-refractivity contribution in [3.05, 3.63) is 69.7 Å². The van der Waals surface area contributed by atoms with Crippen molar-refractivity contribution in [3.63, 3.8) is 0 Å². The fraction of sp³-hybridized carbons (Fsp3) is 0.500. The van der Waals surface area contributed by atoms with Crippen LogP contribution in [0.4, 0.5) is 0 Å². The van der Waals surface area contributed by atoms with Crippen LogP contribution in [-0.4, -0.2) is 53.7 Å². The van der Waals surface area contributed by atoms with Gasteiger partial charge in [0.05, 0.1) is 17.9 Å². The summed E-state index contributed by atoms with van der Waals surface area (Å²) in [5, 5.41) is 10.9. The van der Waals surface area contributed by atoms with Gasteiger partial charge in [-0.15, -0.1) is 0 Å². The van der Waals surface area contributed by atoms with Gasteiger partial charge in [0.2, 0.25) is 16.8 Å². The molecule has 0 spiro atoms. The third-order valence-corrected chi connectivity index (χ3v) is 9.12. The van der Waals surface area contributed by atoms with Gasteiger partial charge in [0, 0.05) is 35.1 Å². The summed E-state index contributed by atoms with van der Waals surface area (Å²) in [7, 11) is -2.73. The Labute approximate surface area is 235 Å². The van der Waals surface area contributed by atoms with Gasteiger partial charge < -0.3 is 10.0 Å². The van der Waals surface area contributed by atoms with E-state index in [1.807, 2.05) is 37.3 Å². The second-order valence-corrected chi connectivity index (χ2v) is 12.9. The number of carboxylic acids is 1. The standard InChI is InChI=1S/C28H34Cl2N2O5S/c1-18(12-13-31(38(36)37)17-19-6-7-19)32-26(20-8-10-22(29)11-9-20)24(21-4-3-5-23(30)14-21)15-28(2,27(32)35)16-25(33)34/h3-5,8-11,14,18-19,24,26,38H,6-7,12-13,15-17H2,1-2H3,(H,33,34). The van der Waals surface area contributed by atoms with Crippen molar-refractivity contribution >= 4 is 46.0 Å². The summed E-state index contributed by atoms with van der Waals surface area (Å²) in [6.45, 7) is 4.43. The van der Waals surface area contributed by atoms with Gasteiger partial charge in [0.1, 0.15) is 0 Å². The highest BCUT2D eigenvalue weighted by Gasteiger charge is 2.51. The van der Waals surface area contributed by atoms with Crippen LogP contribution >= 0.6 is 23.2 Å². The molecule has 0 bridgehead atoms. The molecule has 1 N–H and O–H groups in total. The lowest BCUT2D eigenvalue weighted by molar-refractivity contribution is -0.160. The van der Waals surface area contributed by atoms with Crippen molar-refractivity contribution in [2.45, 2.75) is 64.0 Å². The van der Waals surface area contributed by atoms with Crippen molar-refractivity contribution in [2.24, 2.45) is 11.3 Å². The zero-order valence-electron chi connectivity index (χ0n) is 21.6. The average Bonchev–Trinajstić information content (AvgIpc) is 3.67. The minimum absolute atomic E-state index is 0.238. The third-order valence-electron chi connectivity index (χ3n) is 7.81. The molecular formula is C28H34Cl2N2O5S. The summed E-state index contributed by atoms with van der Waals surface area (Å²) >= 11 is 12.6. The van der Waals surface area contributed by atoms with E-state index in [1.54, 1.807) is 30.0 Å². The van der Waals surface area contributed by atoms with Gasteiger partial charge in [0.25, 0.3) is 0 Å². The first-order valence-electron chi connectivity index (χ1n) is 12.9. The number of carbonyl (C=O) groups is 2. The van der Waals surface area contributed by atoms with Crippen molar-refractivity contribution in [3.8, 4) is 0 Å². The smallest absolute Gasteiger partial charge is 0.304 e. The number of hydrogen-bond acceptors (Lipinski definition) is 4. The Bertz CT molecular complexity index is 1240. The number of aliphatic carboxylic acids is 1. The van der Waals surface area contributed by atoms with Gasteiger partial charge in [-0.2, -0.15) is 0 Å². The van der Waals surface area contributed by atoms with E-state index in [4.69, 9.17) is 23.2 Å². The largest absolute Gasteiger partial charge is 0.481 e. The van der Waals surface area contributed by atoms with E-state index >= 15 is 0 Å². The van der Waals surface area contributed by atoms with Gasteiger partial charge >= 0.3 is 5.97 Å². The first-order chi connectivity index (χ1) is 18.0. The predicted octanol–water partition coefficient (Wildman–Crippen LogP) is 5.55. The zero-order chi connectivity index (χ0) is 27.6. The van der Waals surface area contributed by atoms with Crippen LogP contribution in [0.2, 0.25) is 10.0 Å². The summed E-state index contributed by atoms with van der Waals surface area (Å²) in [5.41, 5.74) is 0.645. The Hall–Kier alpha value is -2.13. The maximum Gasteiger partial charge on any atom is 0.304 e. The van der Waals surface area contributed by atoms with E-state index in [2.05, 4.69) is 0 Å². The number of hydrogen-bond donors (Lipinski definition) is 2. The number of likely N-dealkylation sites (tertiary alicyclic amines) is 1. The summed E-state index contributed by atoms with van der Waals surface area (Å²) < 4.78 is 25.3. The summed E-state index contributed by atoms with van der Waals surface area (Å²) in [5.74, 6) is -1.12. The molecule has 1 saturated carbocycles. The molecule has 7 nitrogen and oxygen atoms in total. The molecule has 4 rings (SSSR count). The lowest BCUT2D eigenvalue weighted by atomic mass is 9.67. The molecule has 206 valence electrons. The first-order valence-corrected chi connectivity index (χ1v) is 14.8. The molecule has 0 radical (unpaired) electrons. The topological polar surface area (TPSA) is 95.0 Å². The molecule has 2 fully saturated rings. The Morgan fingerprint density at radius 1 is 1.13 bits per heavy atom. The number of benzene rings is 2. The van der Waals surface area contributed by atoms with E-state index in [1.165, 1.54) is 4.31 Å². The quantitative estimate of drug-likeness (QED) is 0.340. The highest BCUT2D eigenvalue weighted by molar-refractivity contribution is 7.69. The Morgan fingerprint density at radius 2 is 1.82 bits per heavy atom. The number of nitrogens with zero attached hydrogens (tertiary/aromatic N) is 2. The molecule has 0 aromatic heterocycles. The molecule has 1 amide bonds.